The molecule has 0 aliphatic heterocycles. The van der Waals surface area contributed by atoms with Crippen molar-refractivity contribution in [2.75, 3.05) is 0 Å². The van der Waals surface area contributed by atoms with Crippen LogP contribution in [0.4, 0.5) is 0 Å². The smallest absolute Gasteiger partial charge is 0.125 e. The van der Waals surface area contributed by atoms with E-state index in [1.807, 2.05) is 37.5 Å². The molecule has 0 bridgehead atoms. The maximum absolute atomic E-state index is 4.34. The maximum atomic E-state index is 4.34. The van der Waals surface area contributed by atoms with E-state index in [0.717, 1.165) is 28.2 Å². The molecule has 3 rings (SSSR count). The Bertz CT molecular complexity index is 659. The molecule has 0 atom stereocenters. The lowest BCUT2D eigenvalue weighted by Crippen LogP contribution is -1.88. The number of benzene rings is 1. The molecule has 0 amide bonds. The van der Waals surface area contributed by atoms with E-state index in [4.69, 9.17) is 0 Å². The molecule has 2 aromatic heterocycles. The zero-order chi connectivity index (χ0) is 13.1. The number of rotatable bonds is 2. The topological polar surface area (TPSA) is 38.7 Å². The van der Waals surface area contributed by atoms with Crippen molar-refractivity contribution in [3.8, 4) is 22.4 Å². The number of hydrogen-bond acceptors (Lipinski definition) is 3. The van der Waals surface area contributed by atoms with Gasteiger partial charge in [-0.2, -0.15) is 0 Å². The van der Waals surface area contributed by atoms with E-state index < -0.39 is 0 Å². The fourth-order valence-corrected chi connectivity index (χ4v) is 1.91. The lowest BCUT2D eigenvalue weighted by atomic mass is 10.0. The van der Waals surface area contributed by atoms with Crippen LogP contribution in [0.15, 0.2) is 61.1 Å². The van der Waals surface area contributed by atoms with E-state index in [0.29, 0.717) is 0 Å². The summed E-state index contributed by atoms with van der Waals surface area (Å²) in [6, 6.07) is 14.2. The van der Waals surface area contributed by atoms with Gasteiger partial charge in [-0.15, -0.1) is 0 Å². The lowest BCUT2D eigenvalue weighted by molar-refractivity contribution is 1.06. The molecule has 0 spiro atoms. The fourth-order valence-electron chi connectivity index (χ4n) is 1.91. The molecule has 92 valence electrons. The molecule has 0 radical (unpaired) electrons. The normalized spacial score (nSPS) is 10.4. The van der Waals surface area contributed by atoms with Crippen molar-refractivity contribution in [1.29, 1.82) is 0 Å². The highest BCUT2D eigenvalue weighted by Crippen LogP contribution is 2.22. The molecule has 3 nitrogen and oxygen atoms in total. The summed E-state index contributed by atoms with van der Waals surface area (Å²) < 4.78 is 0. The second-order valence-electron chi connectivity index (χ2n) is 4.31. The van der Waals surface area contributed by atoms with Gasteiger partial charge in [0.05, 0.1) is 5.69 Å². The van der Waals surface area contributed by atoms with Crippen LogP contribution in [-0.4, -0.2) is 15.0 Å². The second-order valence-corrected chi connectivity index (χ2v) is 4.31. The van der Waals surface area contributed by atoms with Crippen LogP contribution in [0.2, 0.25) is 0 Å². The van der Waals surface area contributed by atoms with Gasteiger partial charge >= 0.3 is 0 Å². The predicted molar refractivity (Wildman–Crippen MR) is 75.4 cm³/mol. The first kappa shape index (κ1) is 11.5. The Morgan fingerprint density at radius 2 is 1.37 bits per heavy atom. The standard InChI is InChI=1S/C16H13N3/c1-12-18-10-15(11-19-12)13-5-7-14(8-6-13)16-4-2-3-9-17-16/h2-11H,1H3. The number of hydrogen-bond donors (Lipinski definition) is 0. The summed E-state index contributed by atoms with van der Waals surface area (Å²) in [5.41, 5.74) is 4.23. The van der Waals surface area contributed by atoms with Gasteiger partial charge in [0.15, 0.2) is 0 Å². The van der Waals surface area contributed by atoms with Gasteiger partial charge in [0.25, 0.3) is 0 Å². The Kier molecular flexibility index (Phi) is 3.02. The van der Waals surface area contributed by atoms with Gasteiger partial charge in [-0.25, -0.2) is 9.97 Å². The molecule has 0 saturated carbocycles. The summed E-state index contributed by atoms with van der Waals surface area (Å²) in [5.74, 6) is 0.786. The number of nitrogens with zero attached hydrogens (tertiary/aromatic N) is 3. The van der Waals surface area contributed by atoms with Gasteiger partial charge in [0.1, 0.15) is 5.82 Å². The van der Waals surface area contributed by atoms with Crippen LogP contribution < -0.4 is 0 Å². The van der Waals surface area contributed by atoms with Crippen LogP contribution in [0.1, 0.15) is 5.82 Å². The summed E-state index contributed by atoms with van der Waals surface area (Å²) in [6.07, 6.45) is 5.49. The monoisotopic (exact) mass is 247 g/mol. The Hall–Kier alpha value is -2.55. The van der Waals surface area contributed by atoms with E-state index in [9.17, 15) is 0 Å². The third-order valence-corrected chi connectivity index (χ3v) is 2.96. The number of aromatic nitrogens is 3. The SMILES string of the molecule is Cc1ncc(-c2ccc(-c3ccccn3)cc2)cn1. The molecule has 0 saturated heterocycles. The van der Waals surface area contributed by atoms with Crippen LogP contribution in [0.3, 0.4) is 0 Å². The molecule has 2 heterocycles. The second kappa shape index (κ2) is 4.98. The largest absolute Gasteiger partial charge is 0.256 e. The van der Waals surface area contributed by atoms with Gasteiger partial charge < -0.3 is 0 Å². The van der Waals surface area contributed by atoms with Crippen molar-refractivity contribution < 1.29 is 0 Å². The minimum atomic E-state index is 0.786. The Labute approximate surface area is 112 Å². The molecule has 0 N–H and O–H groups in total. The van der Waals surface area contributed by atoms with E-state index >= 15 is 0 Å². The van der Waals surface area contributed by atoms with Crippen molar-refractivity contribution in [3.63, 3.8) is 0 Å². The Morgan fingerprint density at radius 1 is 0.684 bits per heavy atom. The van der Waals surface area contributed by atoms with E-state index in [-0.39, 0.29) is 0 Å². The van der Waals surface area contributed by atoms with Crippen LogP contribution in [0.5, 0.6) is 0 Å². The fraction of sp³-hybridized carbons (Fsp3) is 0.0625. The van der Waals surface area contributed by atoms with Crippen molar-refractivity contribution >= 4 is 0 Å². The van der Waals surface area contributed by atoms with Gasteiger partial charge in [0.2, 0.25) is 0 Å². The molecule has 3 aromatic rings. The average Bonchev–Trinajstić information content (AvgIpc) is 2.49. The summed E-state index contributed by atoms with van der Waals surface area (Å²) in [5, 5.41) is 0. The first-order chi connectivity index (χ1) is 9.33. The Balaban J connectivity index is 1.93. The van der Waals surface area contributed by atoms with E-state index in [2.05, 4.69) is 39.2 Å². The quantitative estimate of drug-likeness (QED) is 0.695. The van der Waals surface area contributed by atoms with Crippen molar-refractivity contribution in [2.24, 2.45) is 0 Å². The van der Waals surface area contributed by atoms with Crippen LogP contribution in [-0.2, 0) is 0 Å². The first-order valence-electron chi connectivity index (χ1n) is 6.13. The zero-order valence-corrected chi connectivity index (χ0v) is 10.6. The molecule has 3 heteroatoms. The summed E-state index contributed by atoms with van der Waals surface area (Å²) >= 11 is 0. The van der Waals surface area contributed by atoms with Crippen LogP contribution in [0, 0.1) is 6.92 Å². The lowest BCUT2D eigenvalue weighted by Gasteiger charge is -2.04. The van der Waals surface area contributed by atoms with Crippen LogP contribution >= 0.6 is 0 Å². The zero-order valence-electron chi connectivity index (χ0n) is 10.6. The van der Waals surface area contributed by atoms with E-state index in [1.54, 1.807) is 6.20 Å². The molecular weight excluding hydrogens is 234 g/mol. The third-order valence-electron chi connectivity index (χ3n) is 2.96. The minimum absolute atomic E-state index is 0.786. The van der Waals surface area contributed by atoms with Gasteiger partial charge in [-0.05, 0) is 24.6 Å². The highest BCUT2D eigenvalue weighted by atomic mass is 14.8. The highest BCUT2D eigenvalue weighted by Gasteiger charge is 2.01. The molecular formula is C16H13N3. The maximum Gasteiger partial charge on any atom is 0.125 e. The average molecular weight is 247 g/mol. The van der Waals surface area contributed by atoms with Crippen molar-refractivity contribution in [3.05, 3.63) is 66.9 Å². The summed E-state index contributed by atoms with van der Waals surface area (Å²) in [4.78, 5) is 12.8. The summed E-state index contributed by atoms with van der Waals surface area (Å²) in [7, 11) is 0. The highest BCUT2D eigenvalue weighted by molar-refractivity contribution is 5.67. The van der Waals surface area contributed by atoms with Crippen LogP contribution in [0.25, 0.3) is 22.4 Å². The number of pyridine rings is 1. The molecule has 19 heavy (non-hydrogen) atoms. The van der Waals surface area contributed by atoms with Gasteiger partial charge in [-0.1, -0.05) is 30.3 Å². The summed E-state index contributed by atoms with van der Waals surface area (Å²) in [6.45, 7) is 1.88. The van der Waals surface area contributed by atoms with E-state index in [1.165, 1.54) is 0 Å². The van der Waals surface area contributed by atoms with Gasteiger partial charge in [-0.3, -0.25) is 4.98 Å². The molecule has 0 aliphatic rings. The van der Waals surface area contributed by atoms with Crippen molar-refractivity contribution in [1.82, 2.24) is 15.0 Å². The minimum Gasteiger partial charge on any atom is -0.256 e. The molecule has 0 aliphatic carbocycles. The third kappa shape index (κ3) is 2.50. The Morgan fingerprint density at radius 3 is 2.00 bits per heavy atom. The van der Waals surface area contributed by atoms with Crippen molar-refractivity contribution in [2.45, 2.75) is 6.92 Å². The molecule has 0 unspecified atom stereocenters. The predicted octanol–water partition coefficient (Wildman–Crippen LogP) is 3.51. The van der Waals surface area contributed by atoms with Gasteiger partial charge in [0, 0.05) is 29.7 Å². The first-order valence-corrected chi connectivity index (χ1v) is 6.13. The molecule has 0 fully saturated rings. The molecule has 1 aromatic carbocycles. The number of aryl methyl sites for hydroxylation is 1.